The SMILES string of the molecule is Cc1ccccc1Cn1c(=O)c2c(nc3n(C)c(C)cn23)n(C)c1=O. The summed E-state index contributed by atoms with van der Waals surface area (Å²) in [5.74, 6) is 0.647. The highest BCUT2D eigenvalue weighted by Gasteiger charge is 2.19. The molecule has 4 rings (SSSR count). The van der Waals surface area contributed by atoms with Crippen LogP contribution >= 0.6 is 0 Å². The van der Waals surface area contributed by atoms with Crippen molar-refractivity contribution in [3.63, 3.8) is 0 Å². The van der Waals surface area contributed by atoms with Crippen molar-refractivity contribution >= 4 is 16.9 Å². The van der Waals surface area contributed by atoms with Gasteiger partial charge < -0.3 is 4.57 Å². The molecule has 0 N–H and O–H groups in total. The van der Waals surface area contributed by atoms with Crippen LogP contribution in [0, 0.1) is 13.8 Å². The van der Waals surface area contributed by atoms with Crippen LogP contribution in [0.4, 0.5) is 0 Å². The lowest BCUT2D eigenvalue weighted by Gasteiger charge is -2.10. The Labute approximate surface area is 143 Å². The van der Waals surface area contributed by atoms with Gasteiger partial charge >= 0.3 is 5.69 Å². The fraction of sp³-hybridized carbons (Fsp3) is 0.278. The van der Waals surface area contributed by atoms with E-state index in [-0.39, 0.29) is 17.8 Å². The summed E-state index contributed by atoms with van der Waals surface area (Å²) in [6.45, 7) is 4.17. The molecule has 25 heavy (non-hydrogen) atoms. The minimum atomic E-state index is -0.360. The molecule has 0 fully saturated rings. The van der Waals surface area contributed by atoms with E-state index in [9.17, 15) is 9.59 Å². The maximum absolute atomic E-state index is 13.1. The first-order valence-electron chi connectivity index (χ1n) is 8.08. The first kappa shape index (κ1) is 15.4. The molecule has 0 aliphatic heterocycles. The number of hydrogen-bond acceptors (Lipinski definition) is 3. The average molecular weight is 337 g/mol. The Morgan fingerprint density at radius 3 is 2.48 bits per heavy atom. The summed E-state index contributed by atoms with van der Waals surface area (Å²) in [4.78, 5) is 30.3. The van der Waals surface area contributed by atoms with Crippen molar-refractivity contribution in [3.05, 3.63) is 68.1 Å². The molecule has 128 valence electrons. The predicted octanol–water partition coefficient (Wildman–Crippen LogP) is 1.35. The number of fused-ring (bicyclic) bond motifs is 3. The van der Waals surface area contributed by atoms with Crippen molar-refractivity contribution in [3.8, 4) is 0 Å². The molecule has 0 radical (unpaired) electrons. The van der Waals surface area contributed by atoms with Gasteiger partial charge in [-0.05, 0) is 25.0 Å². The molecule has 0 aliphatic rings. The van der Waals surface area contributed by atoms with Crippen molar-refractivity contribution < 1.29 is 0 Å². The number of imidazole rings is 2. The summed E-state index contributed by atoms with van der Waals surface area (Å²) in [6, 6.07) is 7.76. The molecule has 0 saturated heterocycles. The Bertz CT molecular complexity index is 1250. The van der Waals surface area contributed by atoms with Gasteiger partial charge in [-0.2, -0.15) is 4.98 Å². The minimum Gasteiger partial charge on any atom is -0.317 e. The first-order chi connectivity index (χ1) is 11.9. The summed E-state index contributed by atoms with van der Waals surface area (Å²) >= 11 is 0. The molecule has 0 spiro atoms. The van der Waals surface area contributed by atoms with Crippen LogP contribution in [0.3, 0.4) is 0 Å². The maximum Gasteiger partial charge on any atom is 0.332 e. The zero-order valence-electron chi connectivity index (χ0n) is 14.6. The fourth-order valence-electron chi connectivity index (χ4n) is 3.22. The zero-order valence-corrected chi connectivity index (χ0v) is 14.6. The third kappa shape index (κ3) is 2.08. The highest BCUT2D eigenvalue weighted by molar-refractivity contribution is 5.75. The predicted molar refractivity (Wildman–Crippen MR) is 96.2 cm³/mol. The maximum atomic E-state index is 13.1. The van der Waals surface area contributed by atoms with E-state index in [4.69, 9.17) is 0 Å². The third-order valence-corrected chi connectivity index (χ3v) is 4.89. The third-order valence-electron chi connectivity index (χ3n) is 4.89. The van der Waals surface area contributed by atoms with E-state index in [0.717, 1.165) is 16.8 Å². The van der Waals surface area contributed by atoms with E-state index in [1.807, 2.05) is 55.9 Å². The van der Waals surface area contributed by atoms with Gasteiger partial charge in [-0.3, -0.25) is 18.3 Å². The van der Waals surface area contributed by atoms with E-state index >= 15 is 0 Å². The quantitative estimate of drug-likeness (QED) is 0.555. The number of nitrogens with zero attached hydrogens (tertiary/aromatic N) is 5. The Kier molecular flexibility index (Phi) is 3.21. The number of hydrogen-bond donors (Lipinski definition) is 0. The molecular weight excluding hydrogens is 318 g/mol. The van der Waals surface area contributed by atoms with E-state index in [0.29, 0.717) is 16.9 Å². The molecular formula is C18H19N5O2. The van der Waals surface area contributed by atoms with Crippen molar-refractivity contribution in [1.82, 2.24) is 23.1 Å². The molecule has 4 aromatic rings. The van der Waals surface area contributed by atoms with Crippen LogP contribution < -0.4 is 11.2 Å². The fourth-order valence-corrected chi connectivity index (χ4v) is 3.22. The molecule has 7 nitrogen and oxygen atoms in total. The van der Waals surface area contributed by atoms with Gasteiger partial charge in [-0.1, -0.05) is 24.3 Å². The lowest BCUT2D eigenvalue weighted by molar-refractivity contribution is 0.654. The van der Waals surface area contributed by atoms with Crippen LogP contribution in [0.1, 0.15) is 16.8 Å². The highest BCUT2D eigenvalue weighted by atomic mass is 16.2. The lowest BCUT2D eigenvalue weighted by Crippen LogP contribution is -2.39. The first-order valence-corrected chi connectivity index (χ1v) is 8.08. The molecule has 0 saturated carbocycles. The second-order valence-corrected chi connectivity index (χ2v) is 6.44. The highest BCUT2D eigenvalue weighted by Crippen LogP contribution is 2.15. The van der Waals surface area contributed by atoms with Crippen molar-refractivity contribution in [2.24, 2.45) is 14.1 Å². The second-order valence-electron chi connectivity index (χ2n) is 6.44. The number of rotatable bonds is 2. The summed E-state index contributed by atoms with van der Waals surface area (Å²) in [6.07, 6.45) is 1.87. The van der Waals surface area contributed by atoms with Crippen molar-refractivity contribution in [2.45, 2.75) is 20.4 Å². The summed E-state index contributed by atoms with van der Waals surface area (Å²) in [7, 11) is 3.54. The normalized spacial score (nSPS) is 11.7. The van der Waals surface area contributed by atoms with E-state index in [1.54, 1.807) is 11.4 Å². The van der Waals surface area contributed by atoms with Gasteiger partial charge in [0.05, 0.1) is 6.54 Å². The standard InChI is InChI=1S/C18H19N5O2/c1-11-7-5-6-8-13(11)10-23-16(24)14-15(21(4)18(23)25)19-17-20(3)12(2)9-22(14)17/h5-9H,10H2,1-4H3. The lowest BCUT2D eigenvalue weighted by atomic mass is 10.1. The largest absolute Gasteiger partial charge is 0.332 e. The topological polar surface area (TPSA) is 66.2 Å². The van der Waals surface area contributed by atoms with E-state index in [2.05, 4.69) is 4.98 Å². The molecule has 0 aliphatic carbocycles. The Hall–Kier alpha value is -3.09. The molecule has 1 aromatic carbocycles. The van der Waals surface area contributed by atoms with Gasteiger partial charge in [0.2, 0.25) is 5.78 Å². The van der Waals surface area contributed by atoms with Gasteiger partial charge in [0.15, 0.2) is 11.2 Å². The van der Waals surface area contributed by atoms with Crippen LogP contribution in [0.2, 0.25) is 0 Å². The Morgan fingerprint density at radius 2 is 1.76 bits per heavy atom. The van der Waals surface area contributed by atoms with Crippen molar-refractivity contribution in [2.75, 3.05) is 0 Å². The van der Waals surface area contributed by atoms with Crippen LogP contribution in [0.5, 0.6) is 0 Å². The number of benzene rings is 1. The minimum absolute atomic E-state index is 0.243. The van der Waals surface area contributed by atoms with E-state index < -0.39 is 0 Å². The molecule has 0 unspecified atom stereocenters. The van der Waals surface area contributed by atoms with Crippen LogP contribution in [0.25, 0.3) is 16.9 Å². The molecule has 3 aromatic heterocycles. The molecule has 0 amide bonds. The van der Waals surface area contributed by atoms with Gasteiger partial charge in [0.1, 0.15) is 0 Å². The van der Waals surface area contributed by atoms with Gasteiger partial charge in [-0.15, -0.1) is 0 Å². The molecule has 0 bridgehead atoms. The average Bonchev–Trinajstić information content (AvgIpc) is 3.08. The molecule has 0 atom stereocenters. The zero-order chi connectivity index (χ0) is 17.9. The molecule has 3 heterocycles. The van der Waals surface area contributed by atoms with Gasteiger partial charge in [-0.25, -0.2) is 4.79 Å². The Balaban J connectivity index is 2.07. The van der Waals surface area contributed by atoms with Gasteiger partial charge in [0.25, 0.3) is 5.56 Å². The smallest absolute Gasteiger partial charge is 0.317 e. The Morgan fingerprint density at radius 1 is 1.04 bits per heavy atom. The number of aryl methyl sites for hydroxylation is 4. The number of aromatic nitrogens is 5. The molecule has 7 heteroatoms. The second kappa shape index (κ2) is 5.20. The summed E-state index contributed by atoms with van der Waals surface area (Å²) in [5, 5.41) is 0. The van der Waals surface area contributed by atoms with Crippen LogP contribution in [0.15, 0.2) is 40.1 Å². The summed E-state index contributed by atoms with van der Waals surface area (Å²) < 4.78 is 6.38. The van der Waals surface area contributed by atoms with Gasteiger partial charge in [0, 0.05) is 26.0 Å². The summed E-state index contributed by atoms with van der Waals surface area (Å²) in [5.41, 5.74) is 3.14. The van der Waals surface area contributed by atoms with Crippen LogP contribution in [-0.2, 0) is 20.6 Å². The van der Waals surface area contributed by atoms with E-state index in [1.165, 1.54) is 9.13 Å². The monoisotopic (exact) mass is 337 g/mol. The van der Waals surface area contributed by atoms with Crippen LogP contribution in [-0.4, -0.2) is 23.1 Å². The van der Waals surface area contributed by atoms with Crippen molar-refractivity contribution in [1.29, 1.82) is 0 Å².